The molecule has 2 aromatic carbocycles. The van der Waals surface area contributed by atoms with Crippen molar-refractivity contribution in [3.8, 4) is 11.8 Å². The van der Waals surface area contributed by atoms with Crippen LogP contribution in [-0.4, -0.2) is 29.8 Å². The number of carbonyl (C=O) groups excluding carboxylic acids is 1. The Labute approximate surface area is 160 Å². The predicted molar refractivity (Wildman–Crippen MR) is 105 cm³/mol. The number of aliphatic hydroxyl groups is 1. The minimum absolute atomic E-state index is 0.0808. The number of rotatable bonds is 4. The number of ether oxygens (including phenoxy) is 1. The molecule has 0 saturated heterocycles. The van der Waals surface area contributed by atoms with E-state index < -0.39 is 11.6 Å². The Morgan fingerprint density at radius 3 is 2.81 bits per heavy atom. The van der Waals surface area contributed by atoms with Crippen LogP contribution in [0, 0.1) is 11.8 Å². The number of carbonyl (C=O) groups is 1. The van der Waals surface area contributed by atoms with E-state index in [2.05, 4.69) is 29.3 Å². The van der Waals surface area contributed by atoms with Crippen LogP contribution in [0.3, 0.4) is 0 Å². The molecule has 4 nitrogen and oxygen atoms in total. The van der Waals surface area contributed by atoms with Crippen molar-refractivity contribution < 1.29 is 14.6 Å². The molecule has 4 heteroatoms. The summed E-state index contributed by atoms with van der Waals surface area (Å²) in [6, 6.07) is 17.1. The molecular formula is C23H25NO3. The molecule has 0 amide bonds. The van der Waals surface area contributed by atoms with Gasteiger partial charge >= 0.3 is 5.97 Å². The maximum absolute atomic E-state index is 11.7. The lowest BCUT2D eigenvalue weighted by Crippen LogP contribution is -2.51. The predicted octanol–water partition coefficient (Wildman–Crippen LogP) is 3.29. The zero-order valence-electron chi connectivity index (χ0n) is 15.6. The normalized spacial score (nSPS) is 21.8. The maximum atomic E-state index is 11.7. The number of esters is 1. The molecule has 2 aromatic rings. The first-order chi connectivity index (χ1) is 13.1. The molecule has 1 fully saturated rings. The van der Waals surface area contributed by atoms with E-state index in [0.717, 1.165) is 19.3 Å². The van der Waals surface area contributed by atoms with Crippen molar-refractivity contribution in [1.29, 1.82) is 0 Å². The molecule has 0 radical (unpaired) electrons. The maximum Gasteiger partial charge on any atom is 0.337 e. The molecule has 0 bridgehead atoms. The highest BCUT2D eigenvalue weighted by molar-refractivity contribution is 5.89. The fraction of sp³-hybridized carbons (Fsp3) is 0.348. The van der Waals surface area contributed by atoms with Crippen LogP contribution in [0.15, 0.2) is 54.6 Å². The van der Waals surface area contributed by atoms with E-state index in [0.29, 0.717) is 24.1 Å². The Balaban J connectivity index is 1.75. The second-order valence-corrected chi connectivity index (χ2v) is 6.91. The quantitative estimate of drug-likeness (QED) is 0.646. The monoisotopic (exact) mass is 363 g/mol. The van der Waals surface area contributed by atoms with E-state index in [1.807, 2.05) is 24.3 Å². The molecule has 0 aromatic heterocycles. The smallest absolute Gasteiger partial charge is 0.337 e. The molecule has 0 unspecified atom stereocenters. The van der Waals surface area contributed by atoms with Gasteiger partial charge in [0.05, 0.1) is 12.7 Å². The lowest BCUT2D eigenvalue weighted by Gasteiger charge is -2.36. The summed E-state index contributed by atoms with van der Waals surface area (Å²) in [6.07, 6.45) is 3.56. The molecule has 2 N–H and O–H groups in total. The number of hydrogen-bond donors (Lipinski definition) is 2. The third-order valence-corrected chi connectivity index (χ3v) is 4.98. The second-order valence-electron chi connectivity index (χ2n) is 6.91. The van der Waals surface area contributed by atoms with Crippen LogP contribution in [0.5, 0.6) is 0 Å². The minimum Gasteiger partial charge on any atom is -0.465 e. The first-order valence-corrected chi connectivity index (χ1v) is 9.32. The summed E-state index contributed by atoms with van der Waals surface area (Å²) in [5.74, 6) is 5.74. The molecule has 2 atom stereocenters. The van der Waals surface area contributed by atoms with Gasteiger partial charge in [-0.1, -0.05) is 54.7 Å². The molecule has 0 heterocycles. The van der Waals surface area contributed by atoms with Crippen LogP contribution in [0.2, 0.25) is 0 Å². The standard InChI is InChI=1S/C23H25NO3/c1-27-22(25)20-11-7-10-18(16-20)13-15-23(26)14-6-5-12-21(23)24-17-19-8-3-2-4-9-19/h2-4,7-11,16,21,24,26H,5-6,12,14,17H2,1H3/t21-,23+/m1/s1. The van der Waals surface area contributed by atoms with Crippen LogP contribution in [0.4, 0.5) is 0 Å². The lowest BCUT2D eigenvalue weighted by atomic mass is 9.80. The summed E-state index contributed by atoms with van der Waals surface area (Å²) in [7, 11) is 1.36. The molecule has 3 rings (SSSR count). The number of benzene rings is 2. The highest BCUT2D eigenvalue weighted by Gasteiger charge is 2.37. The minimum atomic E-state index is -1.08. The Morgan fingerprint density at radius 1 is 1.22 bits per heavy atom. The van der Waals surface area contributed by atoms with Crippen LogP contribution in [0.1, 0.15) is 47.2 Å². The summed E-state index contributed by atoms with van der Waals surface area (Å²) >= 11 is 0. The summed E-state index contributed by atoms with van der Waals surface area (Å²) in [5.41, 5.74) is 1.26. The lowest BCUT2D eigenvalue weighted by molar-refractivity contribution is 0.0254. The second kappa shape index (κ2) is 8.85. The van der Waals surface area contributed by atoms with Crippen molar-refractivity contribution in [2.45, 2.75) is 43.9 Å². The third-order valence-electron chi connectivity index (χ3n) is 4.98. The van der Waals surface area contributed by atoms with Crippen LogP contribution >= 0.6 is 0 Å². The Kier molecular flexibility index (Phi) is 6.28. The van der Waals surface area contributed by atoms with Crippen LogP contribution in [0.25, 0.3) is 0 Å². The molecule has 1 aliphatic carbocycles. The number of methoxy groups -OCH3 is 1. The van der Waals surface area contributed by atoms with Gasteiger partial charge in [0.25, 0.3) is 0 Å². The van der Waals surface area contributed by atoms with Gasteiger partial charge in [-0.05, 0) is 43.0 Å². The van der Waals surface area contributed by atoms with E-state index in [9.17, 15) is 9.90 Å². The van der Waals surface area contributed by atoms with Crippen LogP contribution in [-0.2, 0) is 11.3 Å². The van der Waals surface area contributed by atoms with Crippen LogP contribution < -0.4 is 5.32 Å². The van der Waals surface area contributed by atoms with E-state index in [1.54, 1.807) is 18.2 Å². The van der Waals surface area contributed by atoms with E-state index in [4.69, 9.17) is 4.74 Å². The van der Waals surface area contributed by atoms with Gasteiger partial charge in [-0.3, -0.25) is 0 Å². The molecule has 0 aliphatic heterocycles. The zero-order valence-corrected chi connectivity index (χ0v) is 15.6. The van der Waals surface area contributed by atoms with E-state index in [-0.39, 0.29) is 6.04 Å². The Morgan fingerprint density at radius 2 is 2.04 bits per heavy atom. The molecule has 0 spiro atoms. The average molecular weight is 363 g/mol. The van der Waals surface area contributed by atoms with E-state index in [1.165, 1.54) is 12.7 Å². The Bertz CT molecular complexity index is 837. The SMILES string of the molecule is COC(=O)c1cccc(C#C[C@@]2(O)CCCC[C@H]2NCc2ccccc2)c1. The summed E-state index contributed by atoms with van der Waals surface area (Å²) < 4.78 is 4.75. The van der Waals surface area contributed by atoms with Gasteiger partial charge in [0.1, 0.15) is 5.60 Å². The first kappa shape index (κ1) is 19.2. The molecule has 1 aliphatic rings. The van der Waals surface area contributed by atoms with Crippen molar-refractivity contribution >= 4 is 5.97 Å². The van der Waals surface area contributed by atoms with Gasteiger partial charge in [-0.2, -0.15) is 0 Å². The summed E-state index contributed by atoms with van der Waals surface area (Å²) in [5, 5.41) is 14.6. The summed E-state index contributed by atoms with van der Waals surface area (Å²) in [4.78, 5) is 11.7. The van der Waals surface area contributed by atoms with Crippen molar-refractivity contribution in [2.75, 3.05) is 7.11 Å². The summed E-state index contributed by atoms with van der Waals surface area (Å²) in [6.45, 7) is 0.702. The number of nitrogens with one attached hydrogen (secondary N) is 1. The molecule has 27 heavy (non-hydrogen) atoms. The fourth-order valence-electron chi connectivity index (χ4n) is 3.44. The Hall–Kier alpha value is -2.61. The van der Waals surface area contributed by atoms with Gasteiger partial charge in [-0.25, -0.2) is 4.79 Å². The third kappa shape index (κ3) is 4.97. The van der Waals surface area contributed by atoms with Crippen molar-refractivity contribution in [3.05, 3.63) is 71.3 Å². The molecule has 1 saturated carbocycles. The highest BCUT2D eigenvalue weighted by atomic mass is 16.5. The van der Waals surface area contributed by atoms with Crippen molar-refractivity contribution in [2.24, 2.45) is 0 Å². The molecular weight excluding hydrogens is 338 g/mol. The molecule has 140 valence electrons. The largest absolute Gasteiger partial charge is 0.465 e. The van der Waals surface area contributed by atoms with Gasteiger partial charge in [-0.15, -0.1) is 0 Å². The van der Waals surface area contributed by atoms with Gasteiger partial charge in [0, 0.05) is 18.2 Å². The average Bonchev–Trinajstić information content (AvgIpc) is 2.72. The van der Waals surface area contributed by atoms with E-state index >= 15 is 0 Å². The number of hydrogen-bond acceptors (Lipinski definition) is 4. The first-order valence-electron chi connectivity index (χ1n) is 9.32. The van der Waals surface area contributed by atoms with Gasteiger partial charge in [0.2, 0.25) is 0 Å². The topological polar surface area (TPSA) is 58.6 Å². The van der Waals surface area contributed by atoms with Crippen molar-refractivity contribution in [1.82, 2.24) is 5.32 Å². The van der Waals surface area contributed by atoms with Gasteiger partial charge < -0.3 is 15.2 Å². The van der Waals surface area contributed by atoms with Crippen molar-refractivity contribution in [3.63, 3.8) is 0 Å². The zero-order chi connectivity index (χ0) is 19.1. The van der Waals surface area contributed by atoms with Gasteiger partial charge in [0.15, 0.2) is 0 Å². The highest BCUT2D eigenvalue weighted by Crippen LogP contribution is 2.28. The fourth-order valence-corrected chi connectivity index (χ4v) is 3.44.